The molecule has 30 heavy (non-hydrogen) atoms. The van der Waals surface area contributed by atoms with E-state index in [1.54, 1.807) is 38.5 Å². The molecule has 0 atom stereocenters. The van der Waals surface area contributed by atoms with Gasteiger partial charge in [0, 0.05) is 13.0 Å². The third-order valence-electron chi connectivity index (χ3n) is 4.55. The summed E-state index contributed by atoms with van der Waals surface area (Å²) in [5.41, 5.74) is 1.67. The number of hydrogen-bond donors (Lipinski definition) is 2. The summed E-state index contributed by atoms with van der Waals surface area (Å²) in [6.45, 7) is 4.58. The van der Waals surface area contributed by atoms with Crippen molar-refractivity contribution in [1.82, 2.24) is 10.0 Å². The molecule has 2 rings (SSSR count). The van der Waals surface area contributed by atoms with Gasteiger partial charge in [-0.05, 0) is 42.2 Å². The highest BCUT2D eigenvalue weighted by Crippen LogP contribution is 2.27. The van der Waals surface area contributed by atoms with E-state index >= 15 is 0 Å². The first-order valence-electron chi connectivity index (χ1n) is 9.82. The molecule has 2 aromatic rings. The van der Waals surface area contributed by atoms with Crippen LogP contribution in [0.4, 0.5) is 0 Å². The van der Waals surface area contributed by atoms with Gasteiger partial charge >= 0.3 is 0 Å². The van der Waals surface area contributed by atoms with Gasteiger partial charge in [-0.1, -0.05) is 32.0 Å². The van der Waals surface area contributed by atoms with E-state index in [-0.39, 0.29) is 23.1 Å². The molecule has 0 aliphatic carbocycles. The lowest BCUT2D eigenvalue weighted by Crippen LogP contribution is -2.27. The number of aryl methyl sites for hydroxylation is 1. The number of ether oxygens (including phenoxy) is 2. The summed E-state index contributed by atoms with van der Waals surface area (Å²) < 4.78 is 37.7. The van der Waals surface area contributed by atoms with E-state index < -0.39 is 10.0 Å². The van der Waals surface area contributed by atoms with Crippen molar-refractivity contribution in [2.45, 2.75) is 38.1 Å². The van der Waals surface area contributed by atoms with Gasteiger partial charge in [0.1, 0.15) is 11.5 Å². The Morgan fingerprint density at radius 3 is 2.13 bits per heavy atom. The first-order chi connectivity index (χ1) is 14.3. The first-order valence-corrected chi connectivity index (χ1v) is 11.3. The summed E-state index contributed by atoms with van der Waals surface area (Å²) >= 11 is 0. The minimum atomic E-state index is -3.51. The number of carbonyl (C=O) groups is 1. The Labute approximate surface area is 178 Å². The Bertz CT molecular complexity index is 918. The Morgan fingerprint density at radius 2 is 1.60 bits per heavy atom. The monoisotopic (exact) mass is 434 g/mol. The van der Waals surface area contributed by atoms with E-state index in [0.717, 1.165) is 11.1 Å². The van der Waals surface area contributed by atoms with E-state index in [4.69, 9.17) is 9.47 Å². The summed E-state index contributed by atoms with van der Waals surface area (Å²) in [7, 11) is -0.365. The summed E-state index contributed by atoms with van der Waals surface area (Å²) in [6, 6.07) is 12.1. The first kappa shape index (κ1) is 23.7. The molecule has 0 bridgehead atoms. The molecule has 7 nitrogen and oxygen atoms in total. The van der Waals surface area contributed by atoms with E-state index in [0.29, 0.717) is 31.0 Å². The zero-order valence-electron chi connectivity index (χ0n) is 17.9. The lowest BCUT2D eigenvalue weighted by atomic mass is 10.1. The summed E-state index contributed by atoms with van der Waals surface area (Å²) in [4.78, 5) is 12.5. The molecule has 164 valence electrons. The van der Waals surface area contributed by atoms with Crippen molar-refractivity contribution in [2.75, 3.05) is 20.8 Å². The summed E-state index contributed by atoms with van der Waals surface area (Å²) in [5.74, 6) is 1.42. The van der Waals surface area contributed by atoms with Crippen molar-refractivity contribution < 1.29 is 22.7 Å². The third-order valence-corrected chi connectivity index (χ3v) is 5.99. The molecule has 0 aromatic heterocycles. The molecule has 0 saturated carbocycles. The Balaban J connectivity index is 1.90. The SMILES string of the molecule is COc1cccc(OC)c1CNC(=O)CCc1ccc(S(=O)(=O)NCC(C)C)cc1. The third kappa shape index (κ3) is 6.74. The molecule has 0 radical (unpaired) electrons. The maximum Gasteiger partial charge on any atom is 0.240 e. The number of amides is 1. The molecule has 0 aliphatic heterocycles. The zero-order valence-corrected chi connectivity index (χ0v) is 18.7. The van der Waals surface area contributed by atoms with Gasteiger partial charge in [0.15, 0.2) is 0 Å². The Hall–Kier alpha value is -2.58. The van der Waals surface area contributed by atoms with Crippen LogP contribution in [0.1, 0.15) is 31.4 Å². The Morgan fingerprint density at radius 1 is 1.00 bits per heavy atom. The molecule has 0 aliphatic rings. The largest absolute Gasteiger partial charge is 0.496 e. The molecule has 8 heteroatoms. The van der Waals surface area contributed by atoms with Crippen LogP contribution in [0.5, 0.6) is 11.5 Å². The fourth-order valence-corrected chi connectivity index (χ4v) is 4.04. The van der Waals surface area contributed by atoms with Crippen LogP contribution in [0.15, 0.2) is 47.4 Å². The quantitative estimate of drug-likeness (QED) is 0.567. The second-order valence-corrected chi connectivity index (χ2v) is 9.07. The van der Waals surface area contributed by atoms with E-state index in [1.165, 1.54) is 0 Å². The van der Waals surface area contributed by atoms with Gasteiger partial charge in [0.2, 0.25) is 15.9 Å². The van der Waals surface area contributed by atoms with E-state index in [9.17, 15) is 13.2 Å². The van der Waals surface area contributed by atoms with Crippen LogP contribution in [0.2, 0.25) is 0 Å². The second-order valence-electron chi connectivity index (χ2n) is 7.31. The predicted octanol–water partition coefficient (Wildman–Crippen LogP) is 2.89. The average molecular weight is 435 g/mol. The number of carbonyl (C=O) groups excluding carboxylic acids is 1. The van der Waals surface area contributed by atoms with Crippen molar-refractivity contribution in [3.63, 3.8) is 0 Å². The number of benzene rings is 2. The smallest absolute Gasteiger partial charge is 0.240 e. The van der Waals surface area contributed by atoms with Crippen molar-refractivity contribution >= 4 is 15.9 Å². The van der Waals surface area contributed by atoms with Gasteiger partial charge < -0.3 is 14.8 Å². The normalized spacial score (nSPS) is 11.4. The van der Waals surface area contributed by atoms with Crippen LogP contribution in [0, 0.1) is 5.92 Å². The minimum Gasteiger partial charge on any atom is -0.496 e. The maximum atomic E-state index is 12.3. The molecule has 0 heterocycles. The fraction of sp³-hybridized carbons (Fsp3) is 0.409. The molecule has 0 spiro atoms. The molecule has 2 N–H and O–H groups in total. The van der Waals surface area contributed by atoms with Crippen molar-refractivity contribution in [1.29, 1.82) is 0 Å². The van der Waals surface area contributed by atoms with Gasteiger partial charge in [-0.2, -0.15) is 0 Å². The van der Waals surface area contributed by atoms with Crippen LogP contribution in [-0.4, -0.2) is 35.1 Å². The van der Waals surface area contributed by atoms with Gasteiger partial charge in [-0.15, -0.1) is 0 Å². The lowest BCUT2D eigenvalue weighted by molar-refractivity contribution is -0.121. The molecule has 0 fully saturated rings. The number of methoxy groups -OCH3 is 2. The molecule has 0 saturated heterocycles. The molecular formula is C22H30N2O5S. The molecule has 0 unspecified atom stereocenters. The van der Waals surface area contributed by atoms with Crippen LogP contribution in [0.25, 0.3) is 0 Å². The number of nitrogens with one attached hydrogen (secondary N) is 2. The van der Waals surface area contributed by atoms with Crippen LogP contribution in [-0.2, 0) is 27.8 Å². The predicted molar refractivity (Wildman–Crippen MR) is 116 cm³/mol. The van der Waals surface area contributed by atoms with Crippen molar-refractivity contribution in [3.8, 4) is 11.5 Å². The minimum absolute atomic E-state index is 0.113. The van der Waals surface area contributed by atoms with Gasteiger partial charge in [0.25, 0.3) is 0 Å². The zero-order chi connectivity index (χ0) is 22.1. The van der Waals surface area contributed by atoms with Gasteiger partial charge in [0.05, 0.1) is 31.2 Å². The van der Waals surface area contributed by atoms with E-state index in [1.807, 2.05) is 32.0 Å². The summed E-state index contributed by atoms with van der Waals surface area (Å²) in [5, 5.41) is 2.88. The lowest BCUT2D eigenvalue weighted by Gasteiger charge is -2.13. The highest BCUT2D eigenvalue weighted by atomic mass is 32.2. The number of hydrogen-bond acceptors (Lipinski definition) is 5. The Kier molecular flexibility index (Phi) is 8.68. The fourth-order valence-electron chi connectivity index (χ4n) is 2.83. The standard InChI is InChI=1S/C22H30N2O5S/c1-16(2)14-24-30(26,27)18-11-8-17(9-12-18)10-13-22(25)23-15-19-20(28-3)6-5-7-21(19)29-4/h5-9,11-12,16,24H,10,13-15H2,1-4H3,(H,23,25). The van der Waals surface area contributed by atoms with Crippen LogP contribution in [0.3, 0.4) is 0 Å². The average Bonchev–Trinajstić information content (AvgIpc) is 2.74. The molecule has 2 aromatic carbocycles. The number of rotatable bonds is 11. The summed E-state index contributed by atoms with van der Waals surface area (Å²) in [6.07, 6.45) is 0.795. The highest BCUT2D eigenvalue weighted by molar-refractivity contribution is 7.89. The topological polar surface area (TPSA) is 93.7 Å². The highest BCUT2D eigenvalue weighted by Gasteiger charge is 2.14. The van der Waals surface area contributed by atoms with Crippen molar-refractivity contribution in [2.24, 2.45) is 5.92 Å². The molecule has 1 amide bonds. The number of sulfonamides is 1. The van der Waals surface area contributed by atoms with Crippen LogP contribution >= 0.6 is 0 Å². The van der Waals surface area contributed by atoms with Gasteiger partial charge in [-0.25, -0.2) is 13.1 Å². The second kappa shape index (κ2) is 11.0. The van der Waals surface area contributed by atoms with Crippen molar-refractivity contribution in [3.05, 3.63) is 53.6 Å². The van der Waals surface area contributed by atoms with E-state index in [2.05, 4.69) is 10.0 Å². The maximum absolute atomic E-state index is 12.3. The van der Waals surface area contributed by atoms with Gasteiger partial charge in [-0.3, -0.25) is 4.79 Å². The van der Waals surface area contributed by atoms with Crippen LogP contribution < -0.4 is 19.5 Å². The molecular weight excluding hydrogens is 404 g/mol.